The van der Waals surface area contributed by atoms with Crippen LogP contribution < -0.4 is 4.90 Å². The minimum atomic E-state index is -0.147. The van der Waals surface area contributed by atoms with Gasteiger partial charge in [-0.3, -0.25) is 4.79 Å². The summed E-state index contributed by atoms with van der Waals surface area (Å²) in [4.78, 5) is 13.3. The Bertz CT molecular complexity index is 640. The molecule has 104 valence electrons. The van der Waals surface area contributed by atoms with Gasteiger partial charge in [0.25, 0.3) is 0 Å². The molecule has 20 heavy (non-hydrogen) atoms. The molecule has 0 saturated carbocycles. The van der Waals surface area contributed by atoms with Crippen molar-refractivity contribution in [2.45, 2.75) is 13.5 Å². The molecule has 0 radical (unpaired) electrons. The van der Waals surface area contributed by atoms with Gasteiger partial charge in [-0.05, 0) is 36.8 Å². The van der Waals surface area contributed by atoms with E-state index in [1.54, 1.807) is 12.1 Å². The molecule has 0 fully saturated rings. The highest BCUT2D eigenvalue weighted by molar-refractivity contribution is 6.30. The van der Waals surface area contributed by atoms with Crippen molar-refractivity contribution in [3.63, 3.8) is 0 Å². The second kappa shape index (κ2) is 5.97. The Morgan fingerprint density at radius 2 is 2.00 bits per heavy atom. The van der Waals surface area contributed by atoms with Gasteiger partial charge in [0, 0.05) is 30.4 Å². The van der Waals surface area contributed by atoms with Gasteiger partial charge in [0.2, 0.25) is 0 Å². The van der Waals surface area contributed by atoms with Crippen LogP contribution in [0.2, 0.25) is 5.02 Å². The molecule has 4 heteroatoms. The average Bonchev–Trinajstić information content (AvgIpc) is 2.38. The molecule has 1 N–H and O–H groups in total. The van der Waals surface area contributed by atoms with E-state index in [2.05, 4.69) is 0 Å². The number of aromatic hydroxyl groups is 1. The fourth-order valence-electron chi connectivity index (χ4n) is 2.06. The summed E-state index contributed by atoms with van der Waals surface area (Å²) in [5, 5.41) is 10.6. The van der Waals surface area contributed by atoms with Crippen LogP contribution in [-0.2, 0) is 6.54 Å². The SMILES string of the molecule is CC(=O)c1ccc(N(C)Cc2cccc(Cl)c2)cc1O. The number of halogens is 1. The van der Waals surface area contributed by atoms with Gasteiger partial charge in [-0.2, -0.15) is 0 Å². The van der Waals surface area contributed by atoms with Gasteiger partial charge in [-0.1, -0.05) is 23.7 Å². The third-order valence-corrected chi connectivity index (χ3v) is 3.35. The van der Waals surface area contributed by atoms with Crippen molar-refractivity contribution in [3.8, 4) is 5.75 Å². The number of hydrogen-bond acceptors (Lipinski definition) is 3. The topological polar surface area (TPSA) is 40.5 Å². The van der Waals surface area contributed by atoms with Gasteiger partial charge >= 0.3 is 0 Å². The van der Waals surface area contributed by atoms with E-state index in [4.69, 9.17) is 11.6 Å². The third-order valence-electron chi connectivity index (χ3n) is 3.11. The number of benzene rings is 2. The Morgan fingerprint density at radius 3 is 2.60 bits per heavy atom. The third kappa shape index (κ3) is 3.31. The van der Waals surface area contributed by atoms with Crippen molar-refractivity contribution in [3.05, 3.63) is 58.6 Å². The molecule has 0 bridgehead atoms. The standard InChI is InChI=1S/C16H16ClNO2/c1-11(19)15-7-6-14(9-16(15)20)18(2)10-12-4-3-5-13(17)8-12/h3-9,20H,10H2,1-2H3. The lowest BCUT2D eigenvalue weighted by atomic mass is 10.1. The molecule has 0 aliphatic carbocycles. The maximum absolute atomic E-state index is 11.3. The summed E-state index contributed by atoms with van der Waals surface area (Å²) in [5.41, 5.74) is 2.26. The molecule has 0 aliphatic heterocycles. The zero-order chi connectivity index (χ0) is 14.7. The summed E-state index contributed by atoms with van der Waals surface area (Å²) in [6, 6.07) is 12.7. The minimum Gasteiger partial charge on any atom is -0.507 e. The first-order chi connectivity index (χ1) is 9.47. The van der Waals surface area contributed by atoms with Gasteiger partial charge in [0.15, 0.2) is 5.78 Å². The van der Waals surface area contributed by atoms with E-state index in [-0.39, 0.29) is 11.5 Å². The summed E-state index contributed by atoms with van der Waals surface area (Å²) >= 11 is 5.96. The molecule has 2 aromatic carbocycles. The van der Waals surface area contributed by atoms with Crippen molar-refractivity contribution < 1.29 is 9.90 Å². The van der Waals surface area contributed by atoms with Crippen LogP contribution in [0.1, 0.15) is 22.8 Å². The minimum absolute atomic E-state index is 0.00736. The summed E-state index contributed by atoms with van der Waals surface area (Å²) in [6.45, 7) is 2.10. The van der Waals surface area contributed by atoms with Gasteiger partial charge < -0.3 is 10.0 Å². The Balaban J connectivity index is 2.19. The van der Waals surface area contributed by atoms with Crippen LogP contribution in [0.3, 0.4) is 0 Å². The molecular weight excluding hydrogens is 274 g/mol. The van der Waals surface area contributed by atoms with Crippen molar-refractivity contribution in [2.24, 2.45) is 0 Å². The quantitative estimate of drug-likeness (QED) is 0.868. The molecule has 2 rings (SSSR count). The first-order valence-corrected chi connectivity index (χ1v) is 6.64. The summed E-state index contributed by atoms with van der Waals surface area (Å²) < 4.78 is 0. The Labute approximate surface area is 123 Å². The summed E-state index contributed by atoms with van der Waals surface area (Å²) in [5.74, 6) is -0.139. The number of carbonyl (C=O) groups is 1. The van der Waals surface area contributed by atoms with Crippen LogP contribution in [-0.4, -0.2) is 17.9 Å². The number of carbonyl (C=O) groups excluding carboxylic acids is 1. The lowest BCUT2D eigenvalue weighted by Crippen LogP contribution is -2.16. The predicted molar refractivity (Wildman–Crippen MR) is 81.7 cm³/mol. The number of Topliss-reactive ketones (excluding diaryl/α,β-unsaturated/α-hetero) is 1. The van der Waals surface area contributed by atoms with Crippen LogP contribution >= 0.6 is 11.6 Å². The molecule has 0 heterocycles. The number of rotatable bonds is 4. The zero-order valence-corrected chi connectivity index (χ0v) is 12.2. The molecule has 0 spiro atoms. The summed E-state index contributed by atoms with van der Waals surface area (Å²) in [6.07, 6.45) is 0. The maximum atomic E-state index is 11.3. The highest BCUT2D eigenvalue weighted by Crippen LogP contribution is 2.25. The first kappa shape index (κ1) is 14.4. The number of anilines is 1. The van der Waals surface area contributed by atoms with Crippen molar-refractivity contribution in [1.82, 2.24) is 0 Å². The van der Waals surface area contributed by atoms with Gasteiger partial charge in [-0.25, -0.2) is 0 Å². The number of ketones is 1. The highest BCUT2D eigenvalue weighted by atomic mass is 35.5. The molecular formula is C16H16ClNO2. The predicted octanol–water partition coefficient (Wildman–Crippen LogP) is 3.88. The van der Waals surface area contributed by atoms with Gasteiger partial charge in [-0.15, -0.1) is 0 Å². The molecule has 0 aromatic heterocycles. The van der Waals surface area contributed by atoms with E-state index in [1.165, 1.54) is 6.92 Å². The van der Waals surface area contributed by atoms with Crippen LogP contribution in [0, 0.1) is 0 Å². The molecule has 0 saturated heterocycles. The second-order valence-corrected chi connectivity index (χ2v) is 5.18. The molecule has 0 aliphatic rings. The normalized spacial score (nSPS) is 10.3. The van der Waals surface area contributed by atoms with Gasteiger partial charge in [0.1, 0.15) is 5.75 Å². The lowest BCUT2D eigenvalue weighted by Gasteiger charge is -2.20. The number of phenols is 1. The monoisotopic (exact) mass is 289 g/mol. The highest BCUT2D eigenvalue weighted by Gasteiger charge is 2.09. The fourth-order valence-corrected chi connectivity index (χ4v) is 2.27. The van der Waals surface area contributed by atoms with Crippen LogP contribution in [0.25, 0.3) is 0 Å². The van der Waals surface area contributed by atoms with E-state index in [0.717, 1.165) is 11.3 Å². The van der Waals surface area contributed by atoms with E-state index in [1.807, 2.05) is 42.3 Å². The zero-order valence-electron chi connectivity index (χ0n) is 11.4. The van der Waals surface area contributed by atoms with Crippen LogP contribution in [0.5, 0.6) is 5.75 Å². The van der Waals surface area contributed by atoms with Gasteiger partial charge in [0.05, 0.1) is 5.56 Å². The van der Waals surface area contributed by atoms with Crippen LogP contribution in [0.15, 0.2) is 42.5 Å². The molecule has 0 amide bonds. The molecule has 2 aromatic rings. The Morgan fingerprint density at radius 1 is 1.25 bits per heavy atom. The van der Waals surface area contributed by atoms with E-state index in [0.29, 0.717) is 17.1 Å². The average molecular weight is 290 g/mol. The Kier molecular flexibility index (Phi) is 4.30. The van der Waals surface area contributed by atoms with Crippen molar-refractivity contribution in [2.75, 3.05) is 11.9 Å². The van der Waals surface area contributed by atoms with Crippen LogP contribution in [0.4, 0.5) is 5.69 Å². The van der Waals surface area contributed by atoms with Crippen molar-refractivity contribution in [1.29, 1.82) is 0 Å². The van der Waals surface area contributed by atoms with Crippen molar-refractivity contribution >= 4 is 23.1 Å². The van der Waals surface area contributed by atoms with E-state index >= 15 is 0 Å². The Hall–Kier alpha value is -2.00. The van der Waals surface area contributed by atoms with E-state index < -0.39 is 0 Å². The largest absolute Gasteiger partial charge is 0.507 e. The number of nitrogens with zero attached hydrogens (tertiary/aromatic N) is 1. The molecule has 0 atom stereocenters. The van der Waals surface area contributed by atoms with E-state index in [9.17, 15) is 9.90 Å². The summed E-state index contributed by atoms with van der Waals surface area (Å²) in [7, 11) is 1.92. The maximum Gasteiger partial charge on any atom is 0.163 e. The smallest absolute Gasteiger partial charge is 0.163 e. The fraction of sp³-hybridized carbons (Fsp3) is 0.188. The second-order valence-electron chi connectivity index (χ2n) is 4.74. The first-order valence-electron chi connectivity index (χ1n) is 6.27. The lowest BCUT2D eigenvalue weighted by molar-refractivity contribution is 0.101. The number of phenolic OH excluding ortho intramolecular Hbond substituents is 1. The molecule has 3 nitrogen and oxygen atoms in total. The molecule has 0 unspecified atom stereocenters. The number of hydrogen-bond donors (Lipinski definition) is 1.